The van der Waals surface area contributed by atoms with E-state index in [1.807, 2.05) is 31.2 Å². The Hall–Kier alpha value is -2.09. The molecule has 0 fully saturated rings. The third-order valence-electron chi connectivity index (χ3n) is 2.48. The maximum absolute atomic E-state index is 9.19. The van der Waals surface area contributed by atoms with E-state index in [9.17, 15) is 5.11 Å². The first kappa shape index (κ1) is 11.4. The predicted molar refractivity (Wildman–Crippen MR) is 73.1 cm³/mol. The number of benzene rings is 2. The highest BCUT2D eigenvalue weighted by molar-refractivity contribution is 5.99. The number of aliphatic imine (C=N–C) groups is 1. The van der Waals surface area contributed by atoms with E-state index in [0.717, 1.165) is 16.8 Å². The van der Waals surface area contributed by atoms with Crippen molar-refractivity contribution in [3.8, 4) is 0 Å². The van der Waals surface area contributed by atoms with Crippen LogP contribution in [0.2, 0.25) is 0 Å². The molecule has 0 aliphatic heterocycles. The molecule has 0 aliphatic rings. The lowest BCUT2D eigenvalue weighted by molar-refractivity contribution is 0.415. The van der Waals surface area contributed by atoms with Gasteiger partial charge in [0.05, 0.1) is 11.4 Å². The molecule has 0 aliphatic carbocycles. The molecule has 2 heteroatoms. The van der Waals surface area contributed by atoms with Crippen LogP contribution in [0.5, 0.6) is 0 Å². The Morgan fingerprint density at radius 3 is 2.53 bits per heavy atom. The third-order valence-corrected chi connectivity index (χ3v) is 2.48. The zero-order valence-electron chi connectivity index (χ0n) is 10.0. The standard InChI is InChI=1S/C15H15NO/c1-11(10-12(2)17)16-15-9-5-7-13-6-3-4-8-14(13)15/h3-10,17H,1-2H3/b12-10-,16-11+. The second kappa shape index (κ2) is 4.83. The summed E-state index contributed by atoms with van der Waals surface area (Å²) in [5.74, 6) is 0.270. The van der Waals surface area contributed by atoms with Crippen LogP contribution in [0.1, 0.15) is 13.8 Å². The summed E-state index contributed by atoms with van der Waals surface area (Å²) in [6.45, 7) is 3.52. The average Bonchev–Trinajstić information content (AvgIpc) is 2.28. The first-order valence-corrected chi connectivity index (χ1v) is 5.57. The SMILES string of the molecule is C/C(O)=C/C(C)=N/c1cccc2ccccc12. The molecule has 0 atom stereocenters. The van der Waals surface area contributed by atoms with Gasteiger partial charge in [-0.15, -0.1) is 0 Å². The minimum absolute atomic E-state index is 0.270. The minimum atomic E-state index is 0.270. The Morgan fingerprint density at radius 2 is 1.76 bits per heavy atom. The Labute approximate surface area is 101 Å². The summed E-state index contributed by atoms with van der Waals surface area (Å²) >= 11 is 0. The van der Waals surface area contributed by atoms with Gasteiger partial charge in [0, 0.05) is 11.1 Å². The van der Waals surface area contributed by atoms with Crippen molar-refractivity contribution in [1.29, 1.82) is 0 Å². The van der Waals surface area contributed by atoms with Crippen molar-refractivity contribution < 1.29 is 5.11 Å². The van der Waals surface area contributed by atoms with Crippen LogP contribution in [0.4, 0.5) is 5.69 Å². The van der Waals surface area contributed by atoms with E-state index < -0.39 is 0 Å². The summed E-state index contributed by atoms with van der Waals surface area (Å²) in [7, 11) is 0. The lowest BCUT2D eigenvalue weighted by Gasteiger charge is -2.02. The fourth-order valence-electron chi connectivity index (χ4n) is 1.83. The highest BCUT2D eigenvalue weighted by Gasteiger charge is 1.98. The third kappa shape index (κ3) is 2.72. The van der Waals surface area contributed by atoms with Gasteiger partial charge in [-0.3, -0.25) is 4.99 Å². The van der Waals surface area contributed by atoms with Gasteiger partial charge in [-0.2, -0.15) is 0 Å². The molecule has 0 bridgehead atoms. The van der Waals surface area contributed by atoms with Gasteiger partial charge in [0.1, 0.15) is 0 Å². The summed E-state index contributed by atoms with van der Waals surface area (Å²) in [5.41, 5.74) is 1.72. The fraction of sp³-hybridized carbons (Fsp3) is 0.133. The molecular weight excluding hydrogens is 210 g/mol. The normalized spacial score (nSPS) is 13.1. The van der Waals surface area contributed by atoms with Crippen LogP contribution in [0.25, 0.3) is 10.8 Å². The molecule has 0 spiro atoms. The highest BCUT2D eigenvalue weighted by Crippen LogP contribution is 2.25. The van der Waals surface area contributed by atoms with Crippen LogP contribution in [-0.4, -0.2) is 10.8 Å². The summed E-state index contributed by atoms with van der Waals surface area (Å²) in [4.78, 5) is 4.51. The Kier molecular flexibility index (Phi) is 3.24. The smallest absolute Gasteiger partial charge is 0.0909 e. The molecule has 0 heterocycles. The molecule has 2 nitrogen and oxygen atoms in total. The van der Waals surface area contributed by atoms with Crippen LogP contribution in [0.3, 0.4) is 0 Å². The van der Waals surface area contributed by atoms with Crippen molar-refractivity contribution in [2.75, 3.05) is 0 Å². The topological polar surface area (TPSA) is 32.6 Å². The first-order chi connectivity index (χ1) is 8.16. The largest absolute Gasteiger partial charge is 0.513 e. The van der Waals surface area contributed by atoms with Crippen LogP contribution in [0, 0.1) is 0 Å². The summed E-state index contributed by atoms with van der Waals surface area (Å²) < 4.78 is 0. The van der Waals surface area contributed by atoms with E-state index in [2.05, 4.69) is 23.2 Å². The van der Waals surface area contributed by atoms with Crippen molar-refractivity contribution in [1.82, 2.24) is 0 Å². The number of rotatable bonds is 2. The molecule has 1 N–H and O–H groups in total. The lowest BCUT2D eigenvalue weighted by atomic mass is 10.1. The van der Waals surface area contributed by atoms with E-state index >= 15 is 0 Å². The number of allylic oxidation sites excluding steroid dienone is 2. The van der Waals surface area contributed by atoms with Gasteiger partial charge in [0.25, 0.3) is 0 Å². The number of nitrogens with zero attached hydrogens (tertiary/aromatic N) is 1. The zero-order valence-corrected chi connectivity index (χ0v) is 10.0. The van der Waals surface area contributed by atoms with Crippen molar-refractivity contribution in [2.24, 2.45) is 4.99 Å². The molecule has 0 saturated heterocycles. The van der Waals surface area contributed by atoms with Gasteiger partial charge in [-0.25, -0.2) is 0 Å². The van der Waals surface area contributed by atoms with Crippen LogP contribution < -0.4 is 0 Å². The van der Waals surface area contributed by atoms with Crippen molar-refractivity contribution in [3.05, 3.63) is 54.3 Å². The van der Waals surface area contributed by atoms with Gasteiger partial charge < -0.3 is 5.11 Å². The molecule has 2 aromatic carbocycles. The first-order valence-electron chi connectivity index (χ1n) is 5.57. The average molecular weight is 225 g/mol. The van der Waals surface area contributed by atoms with Gasteiger partial charge in [0.2, 0.25) is 0 Å². The molecule has 2 aromatic rings. The summed E-state index contributed by atoms with van der Waals surface area (Å²) in [5, 5.41) is 11.5. The Morgan fingerprint density at radius 1 is 1.06 bits per heavy atom. The van der Waals surface area contributed by atoms with Gasteiger partial charge in [-0.05, 0) is 31.4 Å². The number of hydrogen-bond acceptors (Lipinski definition) is 2. The Bertz CT molecular complexity index is 587. The number of hydrogen-bond donors (Lipinski definition) is 1. The highest BCUT2D eigenvalue weighted by atomic mass is 16.3. The maximum Gasteiger partial charge on any atom is 0.0909 e. The molecule has 0 unspecified atom stereocenters. The van der Waals surface area contributed by atoms with Crippen LogP contribution in [-0.2, 0) is 0 Å². The molecule has 0 radical (unpaired) electrons. The number of aliphatic hydroxyl groups is 1. The monoisotopic (exact) mass is 225 g/mol. The van der Waals surface area contributed by atoms with E-state index in [0.29, 0.717) is 0 Å². The number of aliphatic hydroxyl groups excluding tert-OH is 1. The second-order valence-corrected chi connectivity index (χ2v) is 4.04. The van der Waals surface area contributed by atoms with Crippen molar-refractivity contribution in [3.63, 3.8) is 0 Å². The van der Waals surface area contributed by atoms with Crippen LogP contribution >= 0.6 is 0 Å². The molecule has 0 amide bonds. The fourth-order valence-corrected chi connectivity index (χ4v) is 1.83. The van der Waals surface area contributed by atoms with Gasteiger partial charge in [0.15, 0.2) is 0 Å². The van der Waals surface area contributed by atoms with Crippen LogP contribution in [0.15, 0.2) is 59.3 Å². The predicted octanol–water partition coefficient (Wildman–Crippen LogP) is 4.39. The van der Waals surface area contributed by atoms with E-state index in [4.69, 9.17) is 0 Å². The van der Waals surface area contributed by atoms with Gasteiger partial charge >= 0.3 is 0 Å². The lowest BCUT2D eigenvalue weighted by Crippen LogP contribution is -1.86. The second-order valence-electron chi connectivity index (χ2n) is 4.04. The molecule has 2 rings (SSSR count). The van der Waals surface area contributed by atoms with E-state index in [1.54, 1.807) is 13.0 Å². The van der Waals surface area contributed by atoms with E-state index in [-0.39, 0.29) is 5.76 Å². The summed E-state index contributed by atoms with van der Waals surface area (Å²) in [6.07, 6.45) is 1.65. The minimum Gasteiger partial charge on any atom is -0.513 e. The molecule has 17 heavy (non-hydrogen) atoms. The number of fused-ring (bicyclic) bond motifs is 1. The van der Waals surface area contributed by atoms with Crippen molar-refractivity contribution >= 4 is 22.2 Å². The zero-order chi connectivity index (χ0) is 12.3. The summed E-state index contributed by atoms with van der Waals surface area (Å²) in [6, 6.07) is 14.2. The molecular formula is C15H15NO. The molecule has 0 aromatic heterocycles. The van der Waals surface area contributed by atoms with Gasteiger partial charge in [-0.1, -0.05) is 36.4 Å². The van der Waals surface area contributed by atoms with E-state index in [1.165, 1.54) is 5.39 Å². The quantitative estimate of drug-likeness (QED) is 0.596. The van der Waals surface area contributed by atoms with Crippen molar-refractivity contribution in [2.45, 2.75) is 13.8 Å². The Balaban J connectivity index is 2.53. The maximum atomic E-state index is 9.19. The molecule has 86 valence electrons. The molecule has 0 saturated carbocycles.